The van der Waals surface area contributed by atoms with Crippen molar-refractivity contribution < 1.29 is 9.52 Å². The Bertz CT molecular complexity index is 878. The number of phenolic OH excluding ortho intramolecular Hbond substituents is 1. The van der Waals surface area contributed by atoms with Crippen LogP contribution < -0.4 is 4.90 Å². The number of aromatic hydroxyl groups is 1. The lowest BCUT2D eigenvalue weighted by atomic mass is 9.99. The standard InChI is InChI=1S/C19H18N2O2/c1-13-12-17-18(23-13)6-9-20-19(17)21-10-7-15(8-11-21)14-2-4-16(22)5-3-14/h2-7,9,12,22H,8,10-11H2,1H3. The van der Waals surface area contributed by atoms with E-state index >= 15 is 0 Å². The number of hydrogen-bond acceptors (Lipinski definition) is 4. The maximum atomic E-state index is 9.40. The van der Waals surface area contributed by atoms with Gasteiger partial charge in [0.05, 0.1) is 5.39 Å². The first-order valence-electron chi connectivity index (χ1n) is 7.79. The molecule has 0 aliphatic carbocycles. The Kier molecular flexibility index (Phi) is 3.30. The Morgan fingerprint density at radius 1 is 1.17 bits per heavy atom. The molecule has 1 N–H and O–H groups in total. The average Bonchev–Trinajstić information content (AvgIpc) is 2.96. The first-order valence-corrected chi connectivity index (χ1v) is 7.79. The lowest BCUT2D eigenvalue weighted by Crippen LogP contribution is -2.29. The van der Waals surface area contributed by atoms with Gasteiger partial charge in [-0.15, -0.1) is 0 Å². The summed E-state index contributed by atoms with van der Waals surface area (Å²) in [4.78, 5) is 6.84. The Hall–Kier alpha value is -2.75. The van der Waals surface area contributed by atoms with E-state index in [2.05, 4.69) is 22.0 Å². The minimum Gasteiger partial charge on any atom is -0.508 e. The number of anilines is 1. The second-order valence-corrected chi connectivity index (χ2v) is 5.88. The maximum Gasteiger partial charge on any atom is 0.139 e. The van der Waals surface area contributed by atoms with Crippen molar-refractivity contribution in [3.05, 3.63) is 60.0 Å². The van der Waals surface area contributed by atoms with Crippen LogP contribution >= 0.6 is 0 Å². The lowest BCUT2D eigenvalue weighted by Gasteiger charge is -2.28. The van der Waals surface area contributed by atoms with Crippen molar-refractivity contribution >= 4 is 22.4 Å². The minimum atomic E-state index is 0.304. The predicted molar refractivity (Wildman–Crippen MR) is 91.7 cm³/mol. The molecule has 4 nitrogen and oxygen atoms in total. The number of aryl methyl sites for hydroxylation is 1. The van der Waals surface area contributed by atoms with Crippen molar-refractivity contribution in [2.24, 2.45) is 0 Å². The summed E-state index contributed by atoms with van der Waals surface area (Å²) in [6, 6.07) is 11.4. The van der Waals surface area contributed by atoms with Crippen LogP contribution in [0.25, 0.3) is 16.5 Å². The maximum absolute atomic E-state index is 9.40. The van der Waals surface area contributed by atoms with Gasteiger partial charge in [0.15, 0.2) is 0 Å². The third-order valence-electron chi connectivity index (χ3n) is 4.29. The van der Waals surface area contributed by atoms with Gasteiger partial charge in [0.1, 0.15) is 22.9 Å². The monoisotopic (exact) mass is 306 g/mol. The van der Waals surface area contributed by atoms with Crippen molar-refractivity contribution in [2.75, 3.05) is 18.0 Å². The van der Waals surface area contributed by atoms with Crippen LogP contribution in [0.2, 0.25) is 0 Å². The van der Waals surface area contributed by atoms with Crippen molar-refractivity contribution in [2.45, 2.75) is 13.3 Å². The number of hydrogen-bond donors (Lipinski definition) is 1. The Balaban J connectivity index is 1.62. The largest absolute Gasteiger partial charge is 0.508 e. The van der Waals surface area contributed by atoms with Crippen LogP contribution in [0.1, 0.15) is 17.7 Å². The van der Waals surface area contributed by atoms with Gasteiger partial charge in [-0.05, 0) is 48.7 Å². The van der Waals surface area contributed by atoms with Crippen LogP contribution in [0.3, 0.4) is 0 Å². The summed E-state index contributed by atoms with van der Waals surface area (Å²) >= 11 is 0. The van der Waals surface area contributed by atoms with Crippen molar-refractivity contribution in [3.8, 4) is 5.75 Å². The van der Waals surface area contributed by atoms with E-state index in [1.165, 1.54) is 11.1 Å². The van der Waals surface area contributed by atoms with Crippen molar-refractivity contribution in [3.63, 3.8) is 0 Å². The van der Waals surface area contributed by atoms with E-state index in [0.29, 0.717) is 5.75 Å². The van der Waals surface area contributed by atoms with Gasteiger partial charge in [-0.1, -0.05) is 18.2 Å². The van der Waals surface area contributed by atoms with Crippen LogP contribution in [0, 0.1) is 6.92 Å². The van der Waals surface area contributed by atoms with E-state index in [0.717, 1.165) is 42.1 Å². The summed E-state index contributed by atoms with van der Waals surface area (Å²) in [6.45, 7) is 3.71. The number of pyridine rings is 1. The number of nitrogens with zero attached hydrogens (tertiary/aromatic N) is 2. The topological polar surface area (TPSA) is 49.5 Å². The molecule has 0 unspecified atom stereocenters. The molecule has 0 saturated carbocycles. The third kappa shape index (κ3) is 2.57. The molecule has 4 rings (SSSR count). The van der Waals surface area contributed by atoms with Gasteiger partial charge in [-0.2, -0.15) is 0 Å². The molecular formula is C19H18N2O2. The van der Waals surface area contributed by atoms with Crippen LogP contribution in [-0.2, 0) is 0 Å². The van der Waals surface area contributed by atoms with Gasteiger partial charge in [-0.3, -0.25) is 0 Å². The summed E-state index contributed by atoms with van der Waals surface area (Å²) in [5.41, 5.74) is 3.38. The molecule has 4 heteroatoms. The molecule has 0 radical (unpaired) electrons. The second kappa shape index (κ2) is 5.47. The highest BCUT2D eigenvalue weighted by Gasteiger charge is 2.17. The zero-order chi connectivity index (χ0) is 15.8. The Morgan fingerprint density at radius 3 is 2.74 bits per heavy atom. The molecule has 2 aromatic heterocycles. The molecule has 3 heterocycles. The van der Waals surface area contributed by atoms with Crippen LogP contribution in [0.4, 0.5) is 5.82 Å². The predicted octanol–water partition coefficient (Wildman–Crippen LogP) is 4.14. The Morgan fingerprint density at radius 2 is 2.00 bits per heavy atom. The molecule has 0 saturated heterocycles. The fourth-order valence-corrected chi connectivity index (χ4v) is 3.13. The zero-order valence-electron chi connectivity index (χ0n) is 13.0. The summed E-state index contributed by atoms with van der Waals surface area (Å²) in [7, 11) is 0. The molecule has 0 bridgehead atoms. The molecule has 3 aromatic rings. The summed E-state index contributed by atoms with van der Waals surface area (Å²) < 4.78 is 5.70. The van der Waals surface area contributed by atoms with E-state index < -0.39 is 0 Å². The van der Waals surface area contributed by atoms with Crippen LogP contribution in [0.15, 0.2) is 53.1 Å². The van der Waals surface area contributed by atoms with Crippen LogP contribution in [-0.4, -0.2) is 23.2 Å². The number of benzene rings is 1. The normalized spacial score (nSPS) is 15.0. The van der Waals surface area contributed by atoms with Gasteiger partial charge >= 0.3 is 0 Å². The van der Waals surface area contributed by atoms with E-state index in [1.54, 1.807) is 18.3 Å². The fourth-order valence-electron chi connectivity index (χ4n) is 3.13. The highest BCUT2D eigenvalue weighted by atomic mass is 16.3. The fraction of sp³-hybridized carbons (Fsp3) is 0.211. The van der Waals surface area contributed by atoms with Gasteiger partial charge in [0, 0.05) is 19.3 Å². The molecule has 0 fully saturated rings. The number of rotatable bonds is 2. The smallest absolute Gasteiger partial charge is 0.139 e. The van der Waals surface area contributed by atoms with Crippen molar-refractivity contribution in [1.82, 2.24) is 4.98 Å². The minimum absolute atomic E-state index is 0.304. The second-order valence-electron chi connectivity index (χ2n) is 5.88. The number of aromatic nitrogens is 1. The SMILES string of the molecule is Cc1cc2c(N3CC=C(c4ccc(O)cc4)CC3)nccc2o1. The molecular weight excluding hydrogens is 288 g/mol. The van der Waals surface area contributed by atoms with Crippen LogP contribution in [0.5, 0.6) is 5.75 Å². The Labute approximate surface area is 134 Å². The van der Waals surface area contributed by atoms with E-state index in [-0.39, 0.29) is 0 Å². The molecule has 116 valence electrons. The van der Waals surface area contributed by atoms with Gasteiger partial charge < -0.3 is 14.4 Å². The first-order chi connectivity index (χ1) is 11.2. The molecule has 1 aliphatic heterocycles. The molecule has 1 aromatic carbocycles. The highest BCUT2D eigenvalue weighted by molar-refractivity contribution is 5.89. The highest BCUT2D eigenvalue weighted by Crippen LogP contribution is 2.31. The lowest BCUT2D eigenvalue weighted by molar-refractivity contribution is 0.475. The number of phenols is 1. The first kappa shape index (κ1) is 13.9. The molecule has 23 heavy (non-hydrogen) atoms. The summed E-state index contributed by atoms with van der Waals surface area (Å²) in [6.07, 6.45) is 5.00. The van der Waals surface area contributed by atoms with Gasteiger partial charge in [-0.25, -0.2) is 4.98 Å². The molecule has 0 spiro atoms. The summed E-state index contributed by atoms with van der Waals surface area (Å²) in [5, 5.41) is 10.5. The number of furan rings is 1. The molecule has 0 amide bonds. The number of fused-ring (bicyclic) bond motifs is 1. The quantitative estimate of drug-likeness (QED) is 0.773. The zero-order valence-corrected chi connectivity index (χ0v) is 13.0. The summed E-state index contributed by atoms with van der Waals surface area (Å²) in [5.74, 6) is 2.20. The van der Waals surface area contributed by atoms with E-state index in [9.17, 15) is 5.11 Å². The third-order valence-corrected chi connectivity index (χ3v) is 4.29. The van der Waals surface area contributed by atoms with E-state index in [1.807, 2.05) is 25.1 Å². The van der Waals surface area contributed by atoms with Gasteiger partial charge in [0.25, 0.3) is 0 Å². The van der Waals surface area contributed by atoms with E-state index in [4.69, 9.17) is 4.42 Å². The molecule has 0 atom stereocenters. The average molecular weight is 306 g/mol. The van der Waals surface area contributed by atoms with Crippen molar-refractivity contribution in [1.29, 1.82) is 0 Å². The van der Waals surface area contributed by atoms with Gasteiger partial charge in [0.2, 0.25) is 0 Å². The molecule has 1 aliphatic rings.